The fourth-order valence-electron chi connectivity index (χ4n) is 2.45. The minimum Gasteiger partial charge on any atom is -0.295 e. The van der Waals surface area contributed by atoms with Gasteiger partial charge in [0, 0.05) is 19.1 Å². The summed E-state index contributed by atoms with van der Waals surface area (Å²) in [7, 11) is 1.68. The Kier molecular flexibility index (Phi) is 3.51. The average molecular weight is 253 g/mol. The first-order valence-electron chi connectivity index (χ1n) is 6.22. The van der Waals surface area contributed by atoms with Crippen LogP contribution in [-0.4, -0.2) is 31.8 Å². The van der Waals surface area contributed by atoms with Gasteiger partial charge in [-0.2, -0.15) is 0 Å². The normalized spacial score (nSPS) is 25.1. The van der Waals surface area contributed by atoms with Gasteiger partial charge in [0.15, 0.2) is 0 Å². The summed E-state index contributed by atoms with van der Waals surface area (Å²) in [4.78, 5) is 10.5. The Labute approximate surface area is 106 Å². The molecule has 1 aromatic heterocycles. The lowest BCUT2D eigenvalue weighted by molar-refractivity contribution is -0.384. The zero-order chi connectivity index (χ0) is 13.3. The molecule has 100 valence electrons. The van der Waals surface area contributed by atoms with Gasteiger partial charge in [0.1, 0.15) is 6.20 Å². The van der Waals surface area contributed by atoms with E-state index in [1.54, 1.807) is 7.05 Å². The van der Waals surface area contributed by atoms with E-state index >= 15 is 0 Å². The topological polar surface area (TPSA) is 76.2 Å². The van der Waals surface area contributed by atoms with Crippen LogP contribution in [0.5, 0.6) is 0 Å². The summed E-state index contributed by atoms with van der Waals surface area (Å²) >= 11 is 0. The van der Waals surface area contributed by atoms with Gasteiger partial charge in [0.05, 0.1) is 4.92 Å². The summed E-state index contributed by atoms with van der Waals surface area (Å²) < 4.78 is 1.46. The van der Waals surface area contributed by atoms with Crippen LogP contribution in [0.15, 0.2) is 6.20 Å². The molecular formula is C11H19N5O2. The first kappa shape index (κ1) is 12.8. The zero-order valence-corrected chi connectivity index (χ0v) is 11.0. The number of nitro groups is 1. The van der Waals surface area contributed by atoms with E-state index in [4.69, 9.17) is 0 Å². The first-order valence-corrected chi connectivity index (χ1v) is 6.22. The van der Waals surface area contributed by atoms with Gasteiger partial charge in [-0.1, -0.05) is 6.42 Å². The lowest BCUT2D eigenvalue weighted by atomic mass is 10.00. The molecule has 0 aromatic carbocycles. The third-order valence-electron chi connectivity index (χ3n) is 3.43. The van der Waals surface area contributed by atoms with E-state index < -0.39 is 4.92 Å². The number of hydrogen-bond acceptors (Lipinski definition) is 5. The highest BCUT2D eigenvalue weighted by atomic mass is 16.6. The second-order valence-corrected chi connectivity index (χ2v) is 4.94. The zero-order valence-electron chi connectivity index (χ0n) is 11.0. The molecule has 0 spiro atoms. The van der Waals surface area contributed by atoms with Crippen molar-refractivity contribution in [3.8, 4) is 0 Å². The van der Waals surface area contributed by atoms with Crippen molar-refractivity contribution in [2.24, 2.45) is 7.05 Å². The third kappa shape index (κ3) is 2.45. The summed E-state index contributed by atoms with van der Waals surface area (Å²) in [5, 5.41) is 17.1. The maximum absolute atomic E-state index is 10.9. The predicted molar refractivity (Wildman–Crippen MR) is 68.1 cm³/mol. The number of aryl methyl sites for hydroxylation is 1. The van der Waals surface area contributed by atoms with Gasteiger partial charge >= 0.3 is 5.69 Å². The van der Waals surface area contributed by atoms with E-state index in [0.717, 1.165) is 12.8 Å². The lowest BCUT2D eigenvalue weighted by Crippen LogP contribution is -2.47. The molecule has 18 heavy (non-hydrogen) atoms. The van der Waals surface area contributed by atoms with E-state index in [1.807, 2.05) is 0 Å². The Hall–Kier alpha value is -1.63. The molecule has 7 heteroatoms. The molecular weight excluding hydrogens is 234 g/mol. The van der Waals surface area contributed by atoms with Gasteiger partial charge in [-0.25, -0.2) is 5.01 Å². The maximum atomic E-state index is 10.9. The van der Waals surface area contributed by atoms with Crippen LogP contribution in [0.2, 0.25) is 0 Å². The highest BCUT2D eigenvalue weighted by Crippen LogP contribution is 2.27. The summed E-state index contributed by atoms with van der Waals surface area (Å²) in [6.07, 6.45) is 4.81. The van der Waals surface area contributed by atoms with Crippen LogP contribution in [0.25, 0.3) is 0 Å². The largest absolute Gasteiger partial charge is 0.332 e. The molecule has 2 rings (SSSR count). The smallest absolute Gasteiger partial charge is 0.295 e. The minimum absolute atomic E-state index is 0.0162. The van der Waals surface area contributed by atoms with Gasteiger partial charge in [-0.3, -0.25) is 20.2 Å². The summed E-state index contributed by atoms with van der Waals surface area (Å²) in [6, 6.07) is 0.714. The van der Waals surface area contributed by atoms with Crippen molar-refractivity contribution >= 4 is 11.5 Å². The molecule has 2 atom stereocenters. The Morgan fingerprint density at radius 2 is 2.06 bits per heavy atom. The molecule has 0 saturated carbocycles. The molecule has 0 radical (unpaired) electrons. The molecule has 1 aliphatic rings. The number of nitrogens with one attached hydrogen (secondary N) is 1. The molecule has 1 N–H and O–H groups in total. The number of hydrogen-bond donors (Lipinski definition) is 1. The van der Waals surface area contributed by atoms with Crippen LogP contribution in [-0.2, 0) is 7.05 Å². The van der Waals surface area contributed by atoms with E-state index in [0.29, 0.717) is 17.9 Å². The molecule has 7 nitrogen and oxygen atoms in total. The second kappa shape index (κ2) is 4.93. The van der Waals surface area contributed by atoms with E-state index in [2.05, 4.69) is 29.4 Å². The molecule has 1 fully saturated rings. The van der Waals surface area contributed by atoms with Crippen LogP contribution >= 0.6 is 0 Å². The van der Waals surface area contributed by atoms with Crippen LogP contribution in [0.4, 0.5) is 11.5 Å². The van der Waals surface area contributed by atoms with Crippen LogP contribution < -0.4 is 5.43 Å². The average Bonchev–Trinajstić information content (AvgIpc) is 2.65. The van der Waals surface area contributed by atoms with E-state index in [-0.39, 0.29) is 5.69 Å². The highest BCUT2D eigenvalue weighted by Gasteiger charge is 2.28. The summed E-state index contributed by atoms with van der Waals surface area (Å²) in [5.74, 6) is 0.322. The number of anilines is 1. The van der Waals surface area contributed by atoms with Crippen molar-refractivity contribution in [1.29, 1.82) is 0 Å². The van der Waals surface area contributed by atoms with Crippen molar-refractivity contribution < 1.29 is 4.92 Å². The van der Waals surface area contributed by atoms with Gasteiger partial charge in [-0.05, 0) is 26.7 Å². The summed E-state index contributed by atoms with van der Waals surface area (Å²) in [6.45, 7) is 4.24. The third-order valence-corrected chi connectivity index (χ3v) is 3.43. The molecule has 0 amide bonds. The molecule has 1 saturated heterocycles. The first-order chi connectivity index (χ1) is 8.49. The van der Waals surface area contributed by atoms with Crippen LogP contribution in [0.1, 0.15) is 33.1 Å². The fourth-order valence-corrected chi connectivity index (χ4v) is 2.45. The molecule has 2 heterocycles. The van der Waals surface area contributed by atoms with Gasteiger partial charge < -0.3 is 0 Å². The SMILES string of the molecule is CC1CCCC(C)N1Nc1nn(C)cc1[N+](=O)[O-]. The van der Waals surface area contributed by atoms with Crippen molar-refractivity contribution in [3.05, 3.63) is 16.3 Å². The Balaban J connectivity index is 2.19. The lowest BCUT2D eigenvalue weighted by Gasteiger charge is -2.38. The molecule has 2 unspecified atom stereocenters. The molecule has 0 bridgehead atoms. The van der Waals surface area contributed by atoms with Crippen molar-refractivity contribution in [3.63, 3.8) is 0 Å². The van der Waals surface area contributed by atoms with Gasteiger partial charge in [0.25, 0.3) is 0 Å². The number of hydrazine groups is 1. The Morgan fingerprint density at radius 3 is 2.61 bits per heavy atom. The van der Waals surface area contributed by atoms with Crippen molar-refractivity contribution in [1.82, 2.24) is 14.8 Å². The Morgan fingerprint density at radius 1 is 1.44 bits per heavy atom. The van der Waals surface area contributed by atoms with Gasteiger partial charge in [-0.15, -0.1) is 5.10 Å². The quantitative estimate of drug-likeness (QED) is 0.658. The number of nitrogens with zero attached hydrogens (tertiary/aromatic N) is 4. The van der Waals surface area contributed by atoms with Crippen molar-refractivity contribution in [2.45, 2.75) is 45.2 Å². The standard InChI is InChI=1S/C11H19N5O2/c1-8-5-4-6-9(2)15(8)13-11-10(16(17)18)7-14(3)12-11/h7-9H,4-6H2,1-3H3,(H,12,13). The fraction of sp³-hybridized carbons (Fsp3) is 0.727. The van der Waals surface area contributed by atoms with Gasteiger partial charge in [0.2, 0.25) is 5.82 Å². The van der Waals surface area contributed by atoms with Crippen molar-refractivity contribution in [2.75, 3.05) is 5.43 Å². The molecule has 1 aliphatic heterocycles. The number of piperidine rings is 1. The predicted octanol–water partition coefficient (Wildman–Crippen LogP) is 1.92. The maximum Gasteiger partial charge on any atom is 0.332 e. The van der Waals surface area contributed by atoms with Crippen LogP contribution in [0, 0.1) is 10.1 Å². The second-order valence-electron chi connectivity index (χ2n) is 4.94. The highest BCUT2D eigenvalue weighted by molar-refractivity contribution is 5.53. The summed E-state index contributed by atoms with van der Waals surface area (Å²) in [5.41, 5.74) is 3.13. The monoisotopic (exact) mass is 253 g/mol. The number of rotatable bonds is 3. The molecule has 1 aromatic rings. The molecule has 0 aliphatic carbocycles. The minimum atomic E-state index is -0.408. The Bertz CT molecular complexity index is 435. The van der Waals surface area contributed by atoms with E-state index in [1.165, 1.54) is 17.3 Å². The number of aromatic nitrogens is 2. The van der Waals surface area contributed by atoms with Crippen LogP contribution in [0.3, 0.4) is 0 Å². The van der Waals surface area contributed by atoms with E-state index in [9.17, 15) is 10.1 Å².